The van der Waals surface area contributed by atoms with Crippen molar-refractivity contribution in [2.45, 2.75) is 30.7 Å². The monoisotopic (exact) mass is 359 g/mol. The lowest BCUT2D eigenvalue weighted by Gasteiger charge is -2.38. The van der Waals surface area contributed by atoms with Gasteiger partial charge in [-0.25, -0.2) is 9.18 Å². The maximum absolute atomic E-state index is 13.3. The van der Waals surface area contributed by atoms with Crippen LogP contribution in [-0.2, 0) is 11.3 Å². The predicted molar refractivity (Wildman–Crippen MR) is 99.0 cm³/mol. The number of carbonyl (C=O) groups is 1. The third-order valence-electron chi connectivity index (χ3n) is 4.58. The summed E-state index contributed by atoms with van der Waals surface area (Å²) in [4.78, 5) is 14.4. The van der Waals surface area contributed by atoms with E-state index in [0.29, 0.717) is 11.8 Å². The molecule has 0 unspecified atom stereocenters. The van der Waals surface area contributed by atoms with Crippen molar-refractivity contribution >= 4 is 17.9 Å². The molecule has 0 saturated carbocycles. The van der Waals surface area contributed by atoms with Crippen LogP contribution in [-0.4, -0.2) is 29.0 Å². The second kappa shape index (κ2) is 8.39. The van der Waals surface area contributed by atoms with Gasteiger partial charge in [0.2, 0.25) is 0 Å². The van der Waals surface area contributed by atoms with Crippen LogP contribution in [0.5, 0.6) is 0 Å². The first-order valence-corrected chi connectivity index (χ1v) is 9.71. The number of piperidine rings is 1. The molecule has 0 bridgehead atoms. The topological polar surface area (TPSA) is 29.5 Å². The van der Waals surface area contributed by atoms with Crippen LogP contribution >= 0.6 is 11.8 Å². The Kier molecular flexibility index (Phi) is 5.97. The summed E-state index contributed by atoms with van der Waals surface area (Å²) < 4.78 is 18.8. The van der Waals surface area contributed by atoms with E-state index >= 15 is 0 Å². The molecule has 25 heavy (non-hydrogen) atoms. The van der Waals surface area contributed by atoms with Crippen molar-refractivity contribution in [3.63, 3.8) is 0 Å². The van der Waals surface area contributed by atoms with E-state index in [9.17, 15) is 9.18 Å². The second-order valence-electron chi connectivity index (χ2n) is 6.18. The Hall–Kier alpha value is -2.01. The standard InChI is InChI=1S/C20H22FNO2S/c1-25-18-11-12-22(19(13-18)16-7-9-17(21)10-8-16)20(23)24-14-15-5-3-2-4-6-15/h2-10,18-19H,11-14H2,1H3/t18-,19-/m0/s1. The van der Waals surface area contributed by atoms with Gasteiger partial charge in [-0.3, -0.25) is 0 Å². The van der Waals surface area contributed by atoms with Gasteiger partial charge in [-0.1, -0.05) is 42.5 Å². The summed E-state index contributed by atoms with van der Waals surface area (Å²) in [6, 6.07) is 16.0. The molecule has 3 nitrogen and oxygen atoms in total. The Morgan fingerprint density at radius 1 is 1.20 bits per heavy atom. The van der Waals surface area contributed by atoms with E-state index in [1.807, 2.05) is 42.1 Å². The van der Waals surface area contributed by atoms with E-state index in [1.54, 1.807) is 17.0 Å². The number of amides is 1. The smallest absolute Gasteiger partial charge is 0.410 e. The molecular formula is C20H22FNO2S. The summed E-state index contributed by atoms with van der Waals surface area (Å²) in [7, 11) is 0. The Labute approximate surface area is 152 Å². The molecule has 1 aliphatic heterocycles. The average Bonchev–Trinajstić information content (AvgIpc) is 2.67. The van der Waals surface area contributed by atoms with E-state index in [2.05, 4.69) is 6.26 Å². The van der Waals surface area contributed by atoms with Crippen molar-refractivity contribution in [2.75, 3.05) is 12.8 Å². The highest BCUT2D eigenvalue weighted by atomic mass is 32.2. The number of hydrogen-bond acceptors (Lipinski definition) is 3. The number of benzene rings is 2. The van der Waals surface area contributed by atoms with E-state index in [1.165, 1.54) is 12.1 Å². The Balaban J connectivity index is 1.72. The molecule has 1 heterocycles. The van der Waals surface area contributed by atoms with E-state index in [0.717, 1.165) is 24.0 Å². The molecule has 5 heteroatoms. The normalized spacial score (nSPS) is 20.3. The van der Waals surface area contributed by atoms with Crippen LogP contribution in [0, 0.1) is 5.82 Å². The van der Waals surface area contributed by atoms with E-state index < -0.39 is 0 Å². The third-order valence-corrected chi connectivity index (χ3v) is 5.68. The maximum Gasteiger partial charge on any atom is 0.410 e. The van der Waals surface area contributed by atoms with Gasteiger partial charge in [-0.15, -0.1) is 0 Å². The molecule has 1 amide bonds. The van der Waals surface area contributed by atoms with Crippen LogP contribution in [0.15, 0.2) is 54.6 Å². The van der Waals surface area contributed by atoms with Gasteiger partial charge in [0, 0.05) is 11.8 Å². The number of carbonyl (C=O) groups excluding carboxylic acids is 1. The van der Waals surface area contributed by atoms with Crippen molar-refractivity contribution in [3.8, 4) is 0 Å². The van der Waals surface area contributed by atoms with Crippen LogP contribution in [0.25, 0.3) is 0 Å². The summed E-state index contributed by atoms with van der Waals surface area (Å²) in [6.45, 7) is 0.916. The first-order chi connectivity index (χ1) is 12.2. The van der Waals surface area contributed by atoms with Crippen LogP contribution < -0.4 is 0 Å². The molecule has 2 atom stereocenters. The van der Waals surface area contributed by atoms with E-state index in [4.69, 9.17) is 4.74 Å². The number of nitrogens with zero attached hydrogens (tertiary/aromatic N) is 1. The van der Waals surface area contributed by atoms with Crippen molar-refractivity contribution in [3.05, 3.63) is 71.5 Å². The van der Waals surface area contributed by atoms with E-state index in [-0.39, 0.29) is 24.6 Å². The zero-order valence-corrected chi connectivity index (χ0v) is 15.0. The molecule has 0 radical (unpaired) electrons. The first-order valence-electron chi connectivity index (χ1n) is 8.43. The van der Waals surface area contributed by atoms with Crippen LogP contribution in [0.4, 0.5) is 9.18 Å². The number of likely N-dealkylation sites (tertiary alicyclic amines) is 1. The van der Waals surface area contributed by atoms with Crippen LogP contribution in [0.3, 0.4) is 0 Å². The quantitative estimate of drug-likeness (QED) is 0.767. The minimum Gasteiger partial charge on any atom is -0.445 e. The van der Waals surface area contributed by atoms with Gasteiger partial charge in [0.15, 0.2) is 0 Å². The fourth-order valence-electron chi connectivity index (χ4n) is 3.17. The zero-order chi connectivity index (χ0) is 17.6. The number of thioether (sulfide) groups is 1. The van der Waals surface area contributed by atoms with Crippen LogP contribution in [0.1, 0.15) is 30.0 Å². The molecule has 1 saturated heterocycles. The minimum absolute atomic E-state index is 0.0740. The van der Waals surface area contributed by atoms with Gasteiger partial charge in [-0.05, 0) is 42.4 Å². The van der Waals surface area contributed by atoms with Gasteiger partial charge in [0.05, 0.1) is 6.04 Å². The minimum atomic E-state index is -0.308. The van der Waals surface area contributed by atoms with Gasteiger partial charge in [0.25, 0.3) is 0 Å². The van der Waals surface area contributed by atoms with Crippen molar-refractivity contribution in [1.82, 2.24) is 4.90 Å². The molecular weight excluding hydrogens is 337 g/mol. The van der Waals surface area contributed by atoms with Crippen molar-refractivity contribution in [2.24, 2.45) is 0 Å². The largest absolute Gasteiger partial charge is 0.445 e. The molecule has 132 valence electrons. The van der Waals surface area contributed by atoms with Gasteiger partial charge in [0.1, 0.15) is 12.4 Å². The maximum atomic E-state index is 13.3. The highest BCUT2D eigenvalue weighted by molar-refractivity contribution is 7.99. The molecule has 0 aromatic heterocycles. The van der Waals surface area contributed by atoms with Gasteiger partial charge < -0.3 is 9.64 Å². The number of hydrogen-bond donors (Lipinski definition) is 0. The number of ether oxygens (including phenoxy) is 1. The van der Waals surface area contributed by atoms with Crippen molar-refractivity contribution < 1.29 is 13.9 Å². The summed E-state index contributed by atoms with van der Waals surface area (Å²) >= 11 is 1.82. The SMILES string of the molecule is CS[C@H]1CCN(C(=O)OCc2ccccc2)[C@H](c2ccc(F)cc2)C1. The summed E-state index contributed by atoms with van der Waals surface area (Å²) in [5, 5.41) is 0.494. The second-order valence-corrected chi connectivity index (χ2v) is 7.32. The summed E-state index contributed by atoms with van der Waals surface area (Å²) in [5.74, 6) is -0.265. The molecule has 0 spiro atoms. The molecule has 1 aliphatic rings. The van der Waals surface area contributed by atoms with Crippen LogP contribution in [0.2, 0.25) is 0 Å². The first kappa shape index (κ1) is 17.8. The number of halogens is 1. The van der Waals surface area contributed by atoms with Gasteiger partial charge >= 0.3 is 6.09 Å². The molecule has 2 aromatic carbocycles. The average molecular weight is 359 g/mol. The highest BCUT2D eigenvalue weighted by Gasteiger charge is 2.33. The van der Waals surface area contributed by atoms with Crippen molar-refractivity contribution in [1.29, 1.82) is 0 Å². The summed E-state index contributed by atoms with van der Waals surface area (Å²) in [5.41, 5.74) is 1.92. The predicted octanol–water partition coefficient (Wildman–Crippen LogP) is 5.03. The lowest BCUT2D eigenvalue weighted by Crippen LogP contribution is -2.42. The molecule has 0 aliphatic carbocycles. The Morgan fingerprint density at radius 3 is 2.60 bits per heavy atom. The molecule has 1 fully saturated rings. The summed E-state index contributed by atoms with van der Waals surface area (Å²) in [6.07, 6.45) is 3.58. The molecule has 2 aromatic rings. The molecule has 0 N–H and O–H groups in total. The van der Waals surface area contributed by atoms with Gasteiger partial charge in [-0.2, -0.15) is 11.8 Å². The fraction of sp³-hybridized carbons (Fsp3) is 0.350. The molecule has 3 rings (SSSR count). The number of rotatable bonds is 4. The Bertz CT molecular complexity index is 693. The third kappa shape index (κ3) is 4.54. The fourth-order valence-corrected chi connectivity index (χ4v) is 3.88. The zero-order valence-electron chi connectivity index (χ0n) is 14.2. The lowest BCUT2D eigenvalue weighted by molar-refractivity contribution is 0.0690. The Morgan fingerprint density at radius 2 is 1.92 bits per heavy atom. The lowest BCUT2D eigenvalue weighted by atomic mass is 9.95. The highest BCUT2D eigenvalue weighted by Crippen LogP contribution is 2.36.